The van der Waals surface area contributed by atoms with Crippen molar-refractivity contribution in [3.8, 4) is 0 Å². The Balaban J connectivity index is 1.77. The second-order valence-corrected chi connectivity index (χ2v) is 7.56. The van der Waals surface area contributed by atoms with Gasteiger partial charge < -0.3 is 5.32 Å². The fourth-order valence-corrected chi connectivity index (χ4v) is 4.23. The molecule has 0 bridgehead atoms. The number of nitrogens with one attached hydrogen (secondary N) is 1. The van der Waals surface area contributed by atoms with E-state index in [2.05, 4.69) is 12.2 Å². The van der Waals surface area contributed by atoms with Gasteiger partial charge >= 0.3 is 0 Å². The lowest BCUT2D eigenvalue weighted by Gasteiger charge is -2.26. The summed E-state index contributed by atoms with van der Waals surface area (Å²) in [7, 11) is 0. The number of carbonyl (C=O) groups excluding carboxylic acids is 2. The van der Waals surface area contributed by atoms with Crippen molar-refractivity contribution >= 4 is 35.0 Å². The molecule has 2 aromatic rings. The first-order chi connectivity index (χ1) is 12.6. The third kappa shape index (κ3) is 4.10. The van der Waals surface area contributed by atoms with Gasteiger partial charge in [0.1, 0.15) is 5.37 Å². The van der Waals surface area contributed by atoms with Gasteiger partial charge in [0, 0.05) is 17.8 Å². The number of amides is 2. The molecular formula is C21H24N2O2S. The molecule has 1 aliphatic heterocycles. The molecule has 5 heteroatoms. The number of anilines is 2. The van der Waals surface area contributed by atoms with Gasteiger partial charge in [0.2, 0.25) is 11.8 Å². The van der Waals surface area contributed by atoms with Crippen LogP contribution >= 0.6 is 11.8 Å². The summed E-state index contributed by atoms with van der Waals surface area (Å²) in [5, 5.41) is 2.90. The molecule has 0 spiro atoms. The summed E-state index contributed by atoms with van der Waals surface area (Å²) in [5.41, 5.74) is 3.92. The molecule has 1 N–H and O–H groups in total. The van der Waals surface area contributed by atoms with Gasteiger partial charge in [0.15, 0.2) is 0 Å². The fraction of sp³-hybridized carbons (Fsp3) is 0.333. The monoisotopic (exact) mass is 368 g/mol. The number of carbonyl (C=O) groups is 2. The van der Waals surface area contributed by atoms with Crippen LogP contribution in [0.1, 0.15) is 42.7 Å². The normalized spacial score (nSPS) is 16.8. The molecule has 26 heavy (non-hydrogen) atoms. The van der Waals surface area contributed by atoms with Crippen LogP contribution in [0.4, 0.5) is 11.4 Å². The number of hydrogen-bond acceptors (Lipinski definition) is 3. The van der Waals surface area contributed by atoms with Gasteiger partial charge in [-0.25, -0.2) is 0 Å². The summed E-state index contributed by atoms with van der Waals surface area (Å²) >= 11 is 1.64. The smallest absolute Gasteiger partial charge is 0.238 e. The van der Waals surface area contributed by atoms with Gasteiger partial charge in [0.25, 0.3) is 0 Å². The number of nitrogens with zero attached hydrogens (tertiary/aromatic N) is 1. The zero-order valence-corrected chi connectivity index (χ0v) is 16.0. The zero-order chi connectivity index (χ0) is 18.5. The number of hydrogen-bond donors (Lipinski definition) is 1. The SMILES string of the molecule is CCCCC(=O)Nc1ccc(C2SCC(=O)N2c2ccccc2C)cc1. The first-order valence-electron chi connectivity index (χ1n) is 8.99. The molecule has 0 saturated carbocycles. The third-order valence-corrected chi connectivity index (χ3v) is 5.69. The lowest BCUT2D eigenvalue weighted by Crippen LogP contribution is -2.28. The summed E-state index contributed by atoms with van der Waals surface area (Å²) in [5.74, 6) is 0.659. The summed E-state index contributed by atoms with van der Waals surface area (Å²) in [6.07, 6.45) is 2.45. The number of benzene rings is 2. The van der Waals surface area contributed by atoms with Crippen molar-refractivity contribution < 1.29 is 9.59 Å². The molecule has 1 atom stereocenters. The average Bonchev–Trinajstić information content (AvgIpc) is 3.02. The number of aryl methyl sites for hydroxylation is 1. The van der Waals surface area contributed by atoms with Crippen molar-refractivity contribution in [1.29, 1.82) is 0 Å². The van der Waals surface area contributed by atoms with Crippen molar-refractivity contribution in [1.82, 2.24) is 0 Å². The number of rotatable bonds is 6. The largest absolute Gasteiger partial charge is 0.326 e. The van der Waals surface area contributed by atoms with Crippen LogP contribution < -0.4 is 10.2 Å². The second-order valence-electron chi connectivity index (χ2n) is 6.49. The van der Waals surface area contributed by atoms with Crippen LogP contribution in [0.5, 0.6) is 0 Å². The minimum atomic E-state index is -0.0338. The van der Waals surface area contributed by atoms with Gasteiger partial charge in [-0.15, -0.1) is 11.8 Å². The molecule has 136 valence electrons. The number of unbranched alkanes of at least 4 members (excludes halogenated alkanes) is 1. The van der Waals surface area contributed by atoms with E-state index in [9.17, 15) is 9.59 Å². The summed E-state index contributed by atoms with van der Waals surface area (Å²) in [6, 6.07) is 15.8. The Hall–Kier alpha value is -2.27. The van der Waals surface area contributed by atoms with Crippen LogP contribution in [0.15, 0.2) is 48.5 Å². The minimum Gasteiger partial charge on any atom is -0.326 e. The molecule has 2 aromatic carbocycles. The second kappa shape index (κ2) is 8.41. The average molecular weight is 369 g/mol. The van der Waals surface area contributed by atoms with E-state index in [4.69, 9.17) is 0 Å². The number of para-hydroxylation sites is 1. The Morgan fingerprint density at radius 1 is 1.19 bits per heavy atom. The van der Waals surface area contributed by atoms with Crippen LogP contribution in [0, 0.1) is 6.92 Å². The van der Waals surface area contributed by atoms with Gasteiger partial charge in [-0.05, 0) is 42.7 Å². The first-order valence-corrected chi connectivity index (χ1v) is 10.0. The highest BCUT2D eigenvalue weighted by Crippen LogP contribution is 2.42. The Bertz CT molecular complexity index is 789. The van der Waals surface area contributed by atoms with Crippen molar-refractivity contribution in [3.63, 3.8) is 0 Å². The summed E-state index contributed by atoms with van der Waals surface area (Å²) in [6.45, 7) is 4.10. The highest BCUT2D eigenvalue weighted by molar-refractivity contribution is 8.00. The van der Waals surface area contributed by atoms with E-state index in [0.717, 1.165) is 35.3 Å². The maximum atomic E-state index is 12.5. The molecule has 1 unspecified atom stereocenters. The standard InChI is InChI=1S/C21H24N2O2S/c1-3-4-9-19(24)22-17-12-10-16(11-13-17)21-23(20(25)14-26-21)18-8-6-5-7-15(18)2/h5-8,10-13,21H,3-4,9,14H2,1-2H3,(H,22,24). The molecular weight excluding hydrogens is 344 g/mol. The molecule has 1 heterocycles. The van der Waals surface area contributed by atoms with E-state index >= 15 is 0 Å². The van der Waals surface area contributed by atoms with Gasteiger partial charge in [-0.2, -0.15) is 0 Å². The van der Waals surface area contributed by atoms with Crippen LogP contribution in [0.25, 0.3) is 0 Å². The predicted octanol–water partition coefficient (Wildman–Crippen LogP) is 4.90. The van der Waals surface area contributed by atoms with Crippen molar-refractivity contribution in [3.05, 3.63) is 59.7 Å². The molecule has 3 rings (SSSR count). The van der Waals surface area contributed by atoms with E-state index in [-0.39, 0.29) is 17.2 Å². The van der Waals surface area contributed by atoms with Crippen LogP contribution in [0.3, 0.4) is 0 Å². The number of thioether (sulfide) groups is 1. The Morgan fingerprint density at radius 3 is 2.62 bits per heavy atom. The Morgan fingerprint density at radius 2 is 1.92 bits per heavy atom. The highest BCUT2D eigenvalue weighted by Gasteiger charge is 2.34. The fourth-order valence-electron chi connectivity index (χ4n) is 3.06. The maximum absolute atomic E-state index is 12.5. The lowest BCUT2D eigenvalue weighted by atomic mass is 10.1. The molecule has 4 nitrogen and oxygen atoms in total. The highest BCUT2D eigenvalue weighted by atomic mass is 32.2. The third-order valence-electron chi connectivity index (χ3n) is 4.48. The van der Waals surface area contributed by atoms with E-state index in [1.807, 2.05) is 60.4 Å². The lowest BCUT2D eigenvalue weighted by molar-refractivity contribution is -0.116. The van der Waals surface area contributed by atoms with E-state index in [0.29, 0.717) is 12.2 Å². The van der Waals surface area contributed by atoms with E-state index in [1.165, 1.54) is 0 Å². The Kier molecular flexibility index (Phi) is 5.99. The molecule has 1 saturated heterocycles. The van der Waals surface area contributed by atoms with Crippen LogP contribution in [0.2, 0.25) is 0 Å². The van der Waals surface area contributed by atoms with E-state index in [1.54, 1.807) is 11.8 Å². The van der Waals surface area contributed by atoms with Crippen LogP contribution in [-0.2, 0) is 9.59 Å². The van der Waals surface area contributed by atoms with Gasteiger partial charge in [-0.1, -0.05) is 43.7 Å². The van der Waals surface area contributed by atoms with Crippen molar-refractivity contribution in [2.75, 3.05) is 16.0 Å². The predicted molar refractivity (Wildman–Crippen MR) is 108 cm³/mol. The van der Waals surface area contributed by atoms with Crippen LogP contribution in [-0.4, -0.2) is 17.6 Å². The minimum absolute atomic E-state index is 0.0338. The topological polar surface area (TPSA) is 49.4 Å². The van der Waals surface area contributed by atoms with Gasteiger partial charge in [0.05, 0.1) is 5.75 Å². The zero-order valence-electron chi connectivity index (χ0n) is 15.2. The summed E-state index contributed by atoms with van der Waals surface area (Å²) < 4.78 is 0. The van der Waals surface area contributed by atoms with Gasteiger partial charge in [-0.3, -0.25) is 14.5 Å². The molecule has 0 aliphatic carbocycles. The maximum Gasteiger partial charge on any atom is 0.238 e. The van der Waals surface area contributed by atoms with Crippen molar-refractivity contribution in [2.24, 2.45) is 0 Å². The Labute approximate surface area is 159 Å². The molecule has 0 aromatic heterocycles. The van der Waals surface area contributed by atoms with E-state index < -0.39 is 0 Å². The molecule has 1 aliphatic rings. The first kappa shape index (κ1) is 18.5. The van der Waals surface area contributed by atoms with Crippen molar-refractivity contribution in [2.45, 2.75) is 38.5 Å². The molecule has 1 fully saturated rings. The quantitative estimate of drug-likeness (QED) is 0.789. The molecule has 2 amide bonds. The summed E-state index contributed by atoms with van der Waals surface area (Å²) in [4.78, 5) is 26.2. The molecule has 0 radical (unpaired) electrons.